The molecular formula is C18H17Cl2N3O. The lowest BCUT2D eigenvalue weighted by atomic mass is 10.1. The van der Waals surface area contributed by atoms with Gasteiger partial charge in [0, 0.05) is 18.0 Å². The number of H-pyrrole nitrogens is 1. The molecule has 0 radical (unpaired) electrons. The van der Waals surface area contributed by atoms with Gasteiger partial charge in [0.05, 0.1) is 27.3 Å². The van der Waals surface area contributed by atoms with Crippen LogP contribution in [-0.4, -0.2) is 27.0 Å². The Morgan fingerprint density at radius 3 is 2.71 bits per heavy atom. The molecule has 24 heavy (non-hydrogen) atoms. The van der Waals surface area contributed by atoms with Crippen LogP contribution >= 0.6 is 23.2 Å². The number of nitrogens with zero attached hydrogens (tertiary/aromatic N) is 2. The van der Waals surface area contributed by atoms with E-state index in [2.05, 4.69) is 10.2 Å². The minimum Gasteiger partial charge on any atom is -0.332 e. The van der Waals surface area contributed by atoms with E-state index in [4.69, 9.17) is 23.2 Å². The fourth-order valence-corrected chi connectivity index (χ4v) is 2.95. The van der Waals surface area contributed by atoms with Crippen molar-refractivity contribution in [2.45, 2.75) is 26.4 Å². The molecule has 1 N–H and O–H groups in total. The first kappa shape index (κ1) is 16.8. The van der Waals surface area contributed by atoms with Crippen molar-refractivity contribution in [2.24, 2.45) is 0 Å². The lowest BCUT2D eigenvalue weighted by Crippen LogP contribution is -2.36. The number of aromatic amines is 1. The van der Waals surface area contributed by atoms with Crippen LogP contribution in [0.15, 0.2) is 42.6 Å². The van der Waals surface area contributed by atoms with Crippen molar-refractivity contribution >= 4 is 40.0 Å². The van der Waals surface area contributed by atoms with Crippen LogP contribution in [0.1, 0.15) is 29.8 Å². The van der Waals surface area contributed by atoms with Gasteiger partial charge in [-0.25, -0.2) is 0 Å². The maximum Gasteiger partial charge on any atom is 0.256 e. The molecule has 1 aromatic heterocycles. The van der Waals surface area contributed by atoms with Gasteiger partial charge in [-0.3, -0.25) is 9.89 Å². The summed E-state index contributed by atoms with van der Waals surface area (Å²) >= 11 is 12.1. The summed E-state index contributed by atoms with van der Waals surface area (Å²) < 4.78 is 0. The zero-order valence-electron chi connectivity index (χ0n) is 13.4. The molecule has 6 heteroatoms. The summed E-state index contributed by atoms with van der Waals surface area (Å²) in [7, 11) is 0. The lowest BCUT2D eigenvalue weighted by Gasteiger charge is -2.27. The number of fused-ring (bicyclic) bond motifs is 1. The summed E-state index contributed by atoms with van der Waals surface area (Å²) in [6.45, 7) is 4.43. The fraction of sp³-hybridized carbons (Fsp3) is 0.222. The van der Waals surface area contributed by atoms with Crippen molar-refractivity contribution in [3.05, 3.63) is 63.8 Å². The molecule has 2 aromatic carbocycles. The number of carbonyl (C=O) groups excluding carboxylic acids is 1. The number of hydrogen-bond donors (Lipinski definition) is 1. The van der Waals surface area contributed by atoms with Gasteiger partial charge in [-0.15, -0.1) is 0 Å². The van der Waals surface area contributed by atoms with Crippen LogP contribution in [0.4, 0.5) is 0 Å². The Morgan fingerprint density at radius 2 is 2.00 bits per heavy atom. The third kappa shape index (κ3) is 3.25. The number of rotatable bonds is 4. The lowest BCUT2D eigenvalue weighted by molar-refractivity contribution is 0.0692. The second-order valence-corrected chi connectivity index (χ2v) is 6.73. The Hall–Kier alpha value is -2.04. The van der Waals surface area contributed by atoms with Gasteiger partial charge in [-0.05, 0) is 37.6 Å². The van der Waals surface area contributed by atoms with Gasteiger partial charge in [-0.2, -0.15) is 5.10 Å². The molecule has 3 aromatic rings. The highest BCUT2D eigenvalue weighted by Crippen LogP contribution is 2.25. The molecule has 0 atom stereocenters. The number of carbonyl (C=O) groups is 1. The predicted molar refractivity (Wildman–Crippen MR) is 97.6 cm³/mol. The SMILES string of the molecule is CC(C)N(Cc1ccc(Cl)c(Cl)c1)C(=O)c1cccc2cn[nH]c12. The second kappa shape index (κ2) is 6.83. The first-order valence-electron chi connectivity index (χ1n) is 7.64. The zero-order valence-corrected chi connectivity index (χ0v) is 14.9. The number of para-hydroxylation sites is 1. The van der Waals surface area contributed by atoms with Crippen molar-refractivity contribution in [2.75, 3.05) is 0 Å². The number of nitrogens with one attached hydrogen (secondary N) is 1. The first-order valence-corrected chi connectivity index (χ1v) is 8.40. The largest absolute Gasteiger partial charge is 0.332 e. The van der Waals surface area contributed by atoms with E-state index in [1.807, 2.05) is 38.1 Å². The molecule has 0 saturated carbocycles. The Balaban J connectivity index is 1.94. The third-order valence-electron chi connectivity index (χ3n) is 3.93. The van der Waals surface area contributed by atoms with Crippen molar-refractivity contribution in [1.29, 1.82) is 0 Å². The van der Waals surface area contributed by atoms with Crippen molar-refractivity contribution < 1.29 is 4.79 Å². The van der Waals surface area contributed by atoms with Gasteiger partial charge in [0.1, 0.15) is 0 Å². The maximum absolute atomic E-state index is 13.1. The molecule has 3 rings (SSSR count). The molecule has 1 heterocycles. The van der Waals surface area contributed by atoms with Gasteiger partial charge < -0.3 is 4.90 Å². The number of aromatic nitrogens is 2. The van der Waals surface area contributed by atoms with E-state index in [1.54, 1.807) is 23.2 Å². The van der Waals surface area contributed by atoms with E-state index in [0.717, 1.165) is 16.5 Å². The molecule has 0 aliphatic rings. The second-order valence-electron chi connectivity index (χ2n) is 5.92. The minimum absolute atomic E-state index is 0.0325. The Labute approximate surface area is 150 Å². The molecule has 0 saturated heterocycles. The van der Waals surface area contributed by atoms with E-state index in [9.17, 15) is 4.79 Å². The molecule has 0 spiro atoms. The number of benzene rings is 2. The summed E-state index contributed by atoms with van der Waals surface area (Å²) in [6, 6.07) is 11.1. The first-order chi connectivity index (χ1) is 11.5. The molecule has 1 amide bonds. The highest BCUT2D eigenvalue weighted by molar-refractivity contribution is 6.42. The van der Waals surface area contributed by atoms with Crippen LogP contribution in [0.25, 0.3) is 10.9 Å². The fourth-order valence-electron chi connectivity index (χ4n) is 2.63. The smallest absolute Gasteiger partial charge is 0.256 e. The standard InChI is InChI=1S/C18H17Cl2N3O/c1-11(2)23(10-12-6-7-15(19)16(20)8-12)18(24)14-5-3-4-13-9-21-22-17(13)14/h3-9,11H,10H2,1-2H3,(H,21,22). The zero-order chi connectivity index (χ0) is 17.3. The van der Waals surface area contributed by atoms with Crippen LogP contribution in [0, 0.1) is 0 Å². The molecular weight excluding hydrogens is 345 g/mol. The normalized spacial score (nSPS) is 11.2. The highest BCUT2D eigenvalue weighted by Gasteiger charge is 2.21. The molecule has 124 valence electrons. The van der Waals surface area contributed by atoms with Gasteiger partial charge in [0.2, 0.25) is 0 Å². The van der Waals surface area contributed by atoms with E-state index in [-0.39, 0.29) is 11.9 Å². The topological polar surface area (TPSA) is 49.0 Å². The number of hydrogen-bond acceptors (Lipinski definition) is 2. The number of halogens is 2. The summed E-state index contributed by atoms with van der Waals surface area (Å²) in [4.78, 5) is 14.9. The minimum atomic E-state index is -0.0501. The highest BCUT2D eigenvalue weighted by atomic mass is 35.5. The summed E-state index contributed by atoms with van der Waals surface area (Å²) in [5.74, 6) is -0.0501. The molecule has 0 aliphatic heterocycles. The van der Waals surface area contributed by atoms with Crippen LogP contribution < -0.4 is 0 Å². The van der Waals surface area contributed by atoms with Crippen molar-refractivity contribution in [3.63, 3.8) is 0 Å². The van der Waals surface area contributed by atoms with E-state index < -0.39 is 0 Å². The van der Waals surface area contributed by atoms with Gasteiger partial charge in [0.15, 0.2) is 0 Å². The number of amides is 1. The molecule has 0 unspecified atom stereocenters. The summed E-state index contributed by atoms with van der Waals surface area (Å²) in [5.41, 5.74) is 2.30. The van der Waals surface area contributed by atoms with E-state index in [0.29, 0.717) is 22.2 Å². The van der Waals surface area contributed by atoms with Crippen LogP contribution in [-0.2, 0) is 6.54 Å². The van der Waals surface area contributed by atoms with Gasteiger partial charge in [0.25, 0.3) is 5.91 Å². The van der Waals surface area contributed by atoms with E-state index >= 15 is 0 Å². The Kier molecular flexibility index (Phi) is 4.78. The average molecular weight is 362 g/mol. The maximum atomic E-state index is 13.1. The van der Waals surface area contributed by atoms with E-state index in [1.165, 1.54) is 0 Å². The molecule has 4 nitrogen and oxygen atoms in total. The quantitative estimate of drug-likeness (QED) is 0.716. The van der Waals surface area contributed by atoms with Crippen molar-refractivity contribution in [3.8, 4) is 0 Å². The Bertz CT molecular complexity index is 889. The monoisotopic (exact) mass is 361 g/mol. The van der Waals surface area contributed by atoms with Crippen LogP contribution in [0.5, 0.6) is 0 Å². The predicted octanol–water partition coefficient (Wildman–Crippen LogP) is 4.92. The summed E-state index contributed by atoms with van der Waals surface area (Å²) in [6.07, 6.45) is 1.71. The van der Waals surface area contributed by atoms with Crippen LogP contribution in [0.2, 0.25) is 10.0 Å². The third-order valence-corrected chi connectivity index (χ3v) is 4.67. The molecule has 0 aliphatic carbocycles. The van der Waals surface area contributed by atoms with Crippen molar-refractivity contribution in [1.82, 2.24) is 15.1 Å². The van der Waals surface area contributed by atoms with Gasteiger partial charge in [-0.1, -0.05) is 41.4 Å². The molecule has 0 fully saturated rings. The molecule has 0 bridgehead atoms. The Morgan fingerprint density at radius 1 is 1.21 bits per heavy atom. The average Bonchev–Trinajstić information content (AvgIpc) is 3.03. The van der Waals surface area contributed by atoms with Gasteiger partial charge >= 0.3 is 0 Å². The van der Waals surface area contributed by atoms with Crippen LogP contribution in [0.3, 0.4) is 0 Å². The summed E-state index contributed by atoms with van der Waals surface area (Å²) in [5, 5.41) is 8.84.